The van der Waals surface area contributed by atoms with Crippen molar-refractivity contribution in [3.63, 3.8) is 0 Å². The summed E-state index contributed by atoms with van der Waals surface area (Å²) < 4.78 is 10.8. The minimum Gasteiger partial charge on any atom is -0.444 e. The fraction of sp³-hybridized carbons (Fsp3) is 0.917. The van der Waals surface area contributed by atoms with E-state index in [4.69, 9.17) is 9.47 Å². The summed E-state index contributed by atoms with van der Waals surface area (Å²) in [5.41, 5.74) is -0.631. The van der Waals surface area contributed by atoms with Crippen molar-refractivity contribution in [2.24, 2.45) is 5.92 Å². The predicted octanol–water partition coefficient (Wildman–Crippen LogP) is 0.890. The van der Waals surface area contributed by atoms with Crippen LogP contribution in [-0.4, -0.2) is 43.5 Å². The van der Waals surface area contributed by atoms with E-state index in [1.807, 2.05) is 20.8 Å². The SMILES string of the molecule is CC(C)(C)OC(=O)N[C@@]12CCOC[C@H]1CNC2. The van der Waals surface area contributed by atoms with Gasteiger partial charge >= 0.3 is 6.09 Å². The van der Waals surface area contributed by atoms with Crippen molar-refractivity contribution in [2.45, 2.75) is 38.3 Å². The Hall–Kier alpha value is -0.810. The fourth-order valence-corrected chi connectivity index (χ4v) is 2.52. The standard InChI is InChI=1S/C12H22N2O3/c1-11(2,3)17-10(15)14-12-4-5-16-7-9(12)6-13-8-12/h9,13H,4-8H2,1-3H3,(H,14,15)/t9-,12-/m1/s1. The molecule has 0 saturated carbocycles. The van der Waals surface area contributed by atoms with Gasteiger partial charge < -0.3 is 20.1 Å². The Kier molecular flexibility index (Phi) is 3.32. The van der Waals surface area contributed by atoms with E-state index in [-0.39, 0.29) is 11.6 Å². The molecule has 0 aromatic heterocycles. The lowest BCUT2D eigenvalue weighted by molar-refractivity contribution is -0.00164. The van der Waals surface area contributed by atoms with E-state index >= 15 is 0 Å². The van der Waals surface area contributed by atoms with Crippen LogP contribution in [-0.2, 0) is 9.47 Å². The number of ether oxygens (including phenoxy) is 2. The first-order valence-electron chi connectivity index (χ1n) is 6.21. The Labute approximate surface area is 102 Å². The molecule has 2 aliphatic rings. The number of nitrogens with one attached hydrogen (secondary N) is 2. The summed E-state index contributed by atoms with van der Waals surface area (Å²) in [6.45, 7) is 8.74. The first-order chi connectivity index (χ1) is 7.91. The van der Waals surface area contributed by atoms with Crippen LogP contribution in [0.2, 0.25) is 0 Å². The lowest BCUT2D eigenvalue weighted by Crippen LogP contribution is -2.58. The van der Waals surface area contributed by atoms with Gasteiger partial charge in [0, 0.05) is 25.6 Å². The highest BCUT2D eigenvalue weighted by molar-refractivity contribution is 5.69. The largest absolute Gasteiger partial charge is 0.444 e. The van der Waals surface area contributed by atoms with E-state index in [1.165, 1.54) is 0 Å². The molecule has 2 atom stereocenters. The fourth-order valence-electron chi connectivity index (χ4n) is 2.52. The molecule has 2 saturated heterocycles. The summed E-state index contributed by atoms with van der Waals surface area (Å²) in [4.78, 5) is 11.9. The van der Waals surface area contributed by atoms with Crippen LogP contribution in [0.5, 0.6) is 0 Å². The first kappa shape index (κ1) is 12.6. The molecule has 0 aromatic carbocycles. The number of hydrogen-bond donors (Lipinski definition) is 2. The molecule has 0 spiro atoms. The molecule has 5 nitrogen and oxygen atoms in total. The molecule has 1 amide bonds. The molecule has 2 aliphatic heterocycles. The zero-order valence-corrected chi connectivity index (χ0v) is 10.8. The van der Waals surface area contributed by atoms with Crippen molar-refractivity contribution in [3.05, 3.63) is 0 Å². The minimum atomic E-state index is -0.451. The zero-order chi connectivity index (χ0) is 12.5. The van der Waals surface area contributed by atoms with Gasteiger partial charge in [0.05, 0.1) is 12.1 Å². The van der Waals surface area contributed by atoms with Crippen LogP contribution < -0.4 is 10.6 Å². The second kappa shape index (κ2) is 4.46. The van der Waals surface area contributed by atoms with Gasteiger partial charge in [0.2, 0.25) is 0 Å². The topological polar surface area (TPSA) is 59.6 Å². The molecule has 0 aromatic rings. The van der Waals surface area contributed by atoms with E-state index in [0.717, 1.165) is 19.5 Å². The van der Waals surface area contributed by atoms with Crippen LogP contribution >= 0.6 is 0 Å². The lowest BCUT2D eigenvalue weighted by Gasteiger charge is -2.39. The zero-order valence-electron chi connectivity index (χ0n) is 10.8. The molecule has 98 valence electrons. The second-order valence-corrected chi connectivity index (χ2v) is 5.94. The van der Waals surface area contributed by atoms with Gasteiger partial charge in [0.25, 0.3) is 0 Å². The summed E-state index contributed by atoms with van der Waals surface area (Å²) >= 11 is 0. The highest BCUT2D eigenvalue weighted by atomic mass is 16.6. The number of alkyl carbamates (subject to hydrolysis) is 1. The molecule has 0 unspecified atom stereocenters. The molecule has 2 fully saturated rings. The number of hydrogen-bond acceptors (Lipinski definition) is 4. The van der Waals surface area contributed by atoms with Crippen molar-refractivity contribution in [1.82, 2.24) is 10.6 Å². The normalized spacial score (nSPS) is 33.0. The second-order valence-electron chi connectivity index (χ2n) is 5.94. The number of carbonyl (C=O) groups excluding carboxylic acids is 1. The Morgan fingerprint density at radius 2 is 2.29 bits per heavy atom. The van der Waals surface area contributed by atoms with Gasteiger partial charge in [-0.3, -0.25) is 0 Å². The van der Waals surface area contributed by atoms with Crippen molar-refractivity contribution >= 4 is 6.09 Å². The maximum atomic E-state index is 11.9. The summed E-state index contributed by atoms with van der Waals surface area (Å²) in [6, 6.07) is 0. The van der Waals surface area contributed by atoms with Gasteiger partial charge in [0.15, 0.2) is 0 Å². The van der Waals surface area contributed by atoms with E-state index in [1.54, 1.807) is 0 Å². The molecule has 5 heteroatoms. The Balaban J connectivity index is 1.98. The molecule has 0 bridgehead atoms. The van der Waals surface area contributed by atoms with Gasteiger partial charge in [-0.15, -0.1) is 0 Å². The third-order valence-electron chi connectivity index (χ3n) is 3.37. The first-order valence-corrected chi connectivity index (χ1v) is 6.21. The van der Waals surface area contributed by atoms with Gasteiger partial charge in [-0.05, 0) is 27.2 Å². The quantitative estimate of drug-likeness (QED) is 0.717. The maximum absolute atomic E-state index is 11.9. The molecule has 2 rings (SSSR count). The highest BCUT2D eigenvalue weighted by Gasteiger charge is 2.46. The van der Waals surface area contributed by atoms with Crippen LogP contribution in [0.4, 0.5) is 4.79 Å². The Morgan fingerprint density at radius 3 is 3.00 bits per heavy atom. The summed E-state index contributed by atoms with van der Waals surface area (Å²) in [5.74, 6) is 0.351. The maximum Gasteiger partial charge on any atom is 0.408 e. The third-order valence-corrected chi connectivity index (χ3v) is 3.37. The molecule has 17 heavy (non-hydrogen) atoms. The molecule has 0 radical (unpaired) electrons. The van der Waals surface area contributed by atoms with Crippen LogP contribution in [0, 0.1) is 5.92 Å². The van der Waals surface area contributed by atoms with Gasteiger partial charge in [-0.2, -0.15) is 0 Å². The van der Waals surface area contributed by atoms with Crippen LogP contribution in [0.15, 0.2) is 0 Å². The highest BCUT2D eigenvalue weighted by Crippen LogP contribution is 2.30. The molecule has 2 heterocycles. The van der Waals surface area contributed by atoms with Crippen molar-refractivity contribution in [2.75, 3.05) is 26.3 Å². The monoisotopic (exact) mass is 242 g/mol. The smallest absolute Gasteiger partial charge is 0.408 e. The number of fused-ring (bicyclic) bond motifs is 1. The summed E-state index contributed by atoms with van der Waals surface area (Å²) in [7, 11) is 0. The average Bonchev–Trinajstić information content (AvgIpc) is 2.57. The number of carbonyl (C=O) groups is 1. The van der Waals surface area contributed by atoms with Gasteiger partial charge in [-0.1, -0.05) is 0 Å². The van der Waals surface area contributed by atoms with Gasteiger partial charge in [0.1, 0.15) is 5.60 Å². The lowest BCUT2D eigenvalue weighted by atomic mass is 9.83. The molecular formula is C12H22N2O3. The molecule has 2 N–H and O–H groups in total. The number of rotatable bonds is 1. The minimum absolute atomic E-state index is 0.180. The Bertz CT molecular complexity index is 301. The van der Waals surface area contributed by atoms with E-state index in [9.17, 15) is 4.79 Å². The third kappa shape index (κ3) is 2.90. The van der Waals surface area contributed by atoms with E-state index in [0.29, 0.717) is 19.1 Å². The van der Waals surface area contributed by atoms with Crippen LogP contribution in [0.1, 0.15) is 27.2 Å². The molecular weight excluding hydrogens is 220 g/mol. The van der Waals surface area contributed by atoms with Crippen LogP contribution in [0.3, 0.4) is 0 Å². The summed E-state index contributed by atoms with van der Waals surface area (Å²) in [6.07, 6.45) is 0.525. The summed E-state index contributed by atoms with van der Waals surface area (Å²) in [5, 5.41) is 6.37. The van der Waals surface area contributed by atoms with Crippen LogP contribution in [0.25, 0.3) is 0 Å². The Morgan fingerprint density at radius 1 is 1.53 bits per heavy atom. The van der Waals surface area contributed by atoms with Crippen molar-refractivity contribution in [1.29, 1.82) is 0 Å². The average molecular weight is 242 g/mol. The molecule has 0 aliphatic carbocycles. The van der Waals surface area contributed by atoms with Crippen molar-refractivity contribution < 1.29 is 14.3 Å². The predicted molar refractivity (Wildman–Crippen MR) is 63.9 cm³/mol. The van der Waals surface area contributed by atoms with E-state index < -0.39 is 5.60 Å². The van der Waals surface area contributed by atoms with Gasteiger partial charge in [-0.25, -0.2) is 4.79 Å². The van der Waals surface area contributed by atoms with Crippen molar-refractivity contribution in [3.8, 4) is 0 Å². The van der Waals surface area contributed by atoms with E-state index in [2.05, 4.69) is 10.6 Å². The number of amides is 1.